The maximum absolute atomic E-state index is 12.0. The van der Waals surface area contributed by atoms with Crippen LogP contribution in [0.2, 0.25) is 0 Å². The summed E-state index contributed by atoms with van der Waals surface area (Å²) in [6.45, 7) is 3.11. The van der Waals surface area contributed by atoms with Gasteiger partial charge in [0.25, 0.3) is 0 Å². The number of carbonyl (C=O) groups excluding carboxylic acids is 1. The Balaban J connectivity index is 2.50. The third-order valence-electron chi connectivity index (χ3n) is 2.64. The van der Waals surface area contributed by atoms with Crippen molar-refractivity contribution in [1.82, 2.24) is 19.8 Å². The molecule has 0 saturated carbocycles. The van der Waals surface area contributed by atoms with E-state index in [4.69, 9.17) is 10.5 Å². The quantitative estimate of drug-likeness (QED) is 0.496. The number of carbonyl (C=O) groups is 1. The molecule has 10 heteroatoms. The molecule has 1 amide bonds. The molecule has 0 fully saturated rings. The number of aromatic nitrogens is 2. The number of ether oxygens (including phenoxy) is 1. The van der Waals surface area contributed by atoms with Gasteiger partial charge in [-0.05, 0) is 6.92 Å². The van der Waals surface area contributed by atoms with E-state index in [0.29, 0.717) is 19.7 Å². The number of nitrogens with two attached hydrogens (primary N) is 1. The molecule has 0 aromatic carbocycles. The number of hydrogen-bond acceptors (Lipinski definition) is 6. The smallest absolute Gasteiger partial charge is 0.245 e. The molecule has 0 unspecified atom stereocenters. The molecule has 4 N–H and O–H groups in total. The number of amides is 1. The van der Waals surface area contributed by atoms with Gasteiger partial charge in [-0.2, -0.15) is 5.10 Å². The van der Waals surface area contributed by atoms with E-state index in [-0.39, 0.29) is 29.6 Å². The number of sulfonamides is 1. The van der Waals surface area contributed by atoms with Crippen LogP contribution >= 0.6 is 0 Å². The highest BCUT2D eigenvalue weighted by Crippen LogP contribution is 2.15. The summed E-state index contributed by atoms with van der Waals surface area (Å²) >= 11 is 0. The van der Waals surface area contributed by atoms with E-state index in [2.05, 4.69) is 15.1 Å². The molecule has 0 bridgehead atoms. The molecule has 1 rings (SSSR count). The molecule has 9 nitrogen and oxygen atoms in total. The maximum atomic E-state index is 12.0. The van der Waals surface area contributed by atoms with Crippen LogP contribution in [0, 0.1) is 0 Å². The lowest BCUT2D eigenvalue weighted by Gasteiger charge is -2.06. The average molecular weight is 319 g/mol. The zero-order chi connectivity index (χ0) is 15.9. The fraction of sp³-hybridized carbons (Fsp3) is 0.636. The van der Waals surface area contributed by atoms with E-state index in [9.17, 15) is 13.2 Å². The first-order valence-corrected chi connectivity index (χ1v) is 7.97. The predicted molar refractivity (Wildman–Crippen MR) is 77.0 cm³/mol. The van der Waals surface area contributed by atoms with Crippen LogP contribution in [0.25, 0.3) is 0 Å². The third kappa shape index (κ3) is 5.33. The largest absolute Gasteiger partial charge is 0.383 e. The summed E-state index contributed by atoms with van der Waals surface area (Å²) in [4.78, 5) is 11.3. The van der Waals surface area contributed by atoms with Gasteiger partial charge in [-0.1, -0.05) is 0 Å². The molecule has 120 valence electrons. The van der Waals surface area contributed by atoms with Crippen LogP contribution < -0.4 is 15.8 Å². The first-order valence-electron chi connectivity index (χ1n) is 6.49. The number of nitrogens with one attached hydrogen (secondary N) is 2. The van der Waals surface area contributed by atoms with Gasteiger partial charge in [-0.15, -0.1) is 0 Å². The van der Waals surface area contributed by atoms with Crippen LogP contribution in [0.15, 0.2) is 11.1 Å². The summed E-state index contributed by atoms with van der Waals surface area (Å²) in [5.41, 5.74) is 5.57. The van der Waals surface area contributed by atoms with Gasteiger partial charge in [0.15, 0.2) is 5.82 Å². The SMILES string of the molecule is CCn1cc(S(=O)(=O)NCCC(=O)NCCOC)c(N)n1. The van der Waals surface area contributed by atoms with E-state index < -0.39 is 10.0 Å². The highest BCUT2D eigenvalue weighted by Gasteiger charge is 2.20. The molecule has 0 aliphatic rings. The van der Waals surface area contributed by atoms with Crippen LogP contribution in [0.5, 0.6) is 0 Å². The van der Waals surface area contributed by atoms with Crippen LogP contribution in [0.1, 0.15) is 13.3 Å². The Bertz CT molecular complexity index is 569. The molecule has 0 atom stereocenters. The molecule has 0 aliphatic heterocycles. The summed E-state index contributed by atoms with van der Waals surface area (Å²) in [5.74, 6) is -0.319. The third-order valence-corrected chi connectivity index (χ3v) is 4.12. The number of anilines is 1. The number of hydrogen-bond donors (Lipinski definition) is 3. The van der Waals surface area contributed by atoms with Crippen molar-refractivity contribution in [3.05, 3.63) is 6.20 Å². The van der Waals surface area contributed by atoms with Gasteiger partial charge in [-0.25, -0.2) is 13.1 Å². The fourth-order valence-electron chi connectivity index (χ4n) is 1.54. The summed E-state index contributed by atoms with van der Waals surface area (Å²) < 4.78 is 32.6. The number of nitrogens with zero attached hydrogens (tertiary/aromatic N) is 2. The van der Waals surface area contributed by atoms with E-state index in [1.807, 2.05) is 6.92 Å². The fourth-order valence-corrected chi connectivity index (χ4v) is 2.65. The van der Waals surface area contributed by atoms with Crippen molar-refractivity contribution in [3.8, 4) is 0 Å². The lowest BCUT2D eigenvalue weighted by atomic mass is 10.4. The van der Waals surface area contributed by atoms with Crippen molar-refractivity contribution in [2.24, 2.45) is 0 Å². The molecule has 0 spiro atoms. The number of methoxy groups -OCH3 is 1. The monoisotopic (exact) mass is 319 g/mol. The summed E-state index contributed by atoms with van der Waals surface area (Å²) in [6, 6.07) is 0. The second kappa shape index (κ2) is 7.96. The van der Waals surface area contributed by atoms with Crippen molar-refractivity contribution in [2.45, 2.75) is 24.8 Å². The first kappa shape index (κ1) is 17.4. The zero-order valence-electron chi connectivity index (χ0n) is 12.1. The van der Waals surface area contributed by atoms with E-state index in [1.54, 1.807) is 0 Å². The van der Waals surface area contributed by atoms with E-state index in [0.717, 1.165) is 0 Å². The van der Waals surface area contributed by atoms with Crippen molar-refractivity contribution < 1.29 is 17.9 Å². The Morgan fingerprint density at radius 1 is 1.48 bits per heavy atom. The van der Waals surface area contributed by atoms with Crippen LogP contribution in [0.3, 0.4) is 0 Å². The van der Waals surface area contributed by atoms with Crippen LogP contribution in [-0.4, -0.2) is 50.9 Å². The van der Waals surface area contributed by atoms with Gasteiger partial charge in [0.1, 0.15) is 4.90 Å². The zero-order valence-corrected chi connectivity index (χ0v) is 12.9. The Labute approximate surface area is 123 Å². The Morgan fingerprint density at radius 2 is 2.19 bits per heavy atom. The number of nitrogen functional groups attached to an aromatic ring is 1. The van der Waals surface area contributed by atoms with Gasteiger partial charge < -0.3 is 15.8 Å². The minimum atomic E-state index is -3.76. The maximum Gasteiger partial charge on any atom is 0.245 e. The summed E-state index contributed by atoms with van der Waals surface area (Å²) in [7, 11) is -2.24. The minimum absolute atomic E-state index is 0.0160. The molecule has 0 aliphatic carbocycles. The molecule has 1 aromatic heterocycles. The second-order valence-corrected chi connectivity index (χ2v) is 5.96. The van der Waals surface area contributed by atoms with Gasteiger partial charge in [0.2, 0.25) is 15.9 Å². The average Bonchev–Trinajstić information content (AvgIpc) is 2.81. The van der Waals surface area contributed by atoms with Crippen molar-refractivity contribution in [1.29, 1.82) is 0 Å². The van der Waals surface area contributed by atoms with Gasteiger partial charge >= 0.3 is 0 Å². The van der Waals surface area contributed by atoms with Crippen LogP contribution in [0.4, 0.5) is 5.82 Å². The van der Waals surface area contributed by atoms with Gasteiger partial charge in [-0.3, -0.25) is 9.48 Å². The number of rotatable bonds is 9. The van der Waals surface area contributed by atoms with Crippen molar-refractivity contribution in [3.63, 3.8) is 0 Å². The minimum Gasteiger partial charge on any atom is -0.383 e. The van der Waals surface area contributed by atoms with Gasteiger partial charge in [0.05, 0.1) is 6.61 Å². The standard InChI is InChI=1S/C11H21N5O4S/c1-3-16-8-9(11(12)15-16)21(18,19)14-5-4-10(17)13-6-7-20-2/h8,14H,3-7H2,1-2H3,(H2,12,15)(H,13,17). The van der Waals surface area contributed by atoms with Crippen LogP contribution in [-0.2, 0) is 26.1 Å². The lowest BCUT2D eigenvalue weighted by Crippen LogP contribution is -2.32. The molecule has 1 aromatic rings. The Hall–Kier alpha value is -1.65. The summed E-state index contributed by atoms with van der Waals surface area (Å²) in [6.07, 6.45) is 1.39. The lowest BCUT2D eigenvalue weighted by molar-refractivity contribution is -0.121. The van der Waals surface area contributed by atoms with Crippen molar-refractivity contribution >= 4 is 21.7 Å². The Morgan fingerprint density at radius 3 is 2.76 bits per heavy atom. The van der Waals surface area contributed by atoms with Crippen molar-refractivity contribution in [2.75, 3.05) is 32.5 Å². The van der Waals surface area contributed by atoms with E-state index >= 15 is 0 Å². The molecule has 0 saturated heterocycles. The number of aryl methyl sites for hydroxylation is 1. The molecule has 21 heavy (non-hydrogen) atoms. The highest BCUT2D eigenvalue weighted by molar-refractivity contribution is 7.89. The van der Waals surface area contributed by atoms with Gasteiger partial charge in [0, 0.05) is 39.4 Å². The highest BCUT2D eigenvalue weighted by atomic mass is 32.2. The first-order chi connectivity index (χ1) is 9.90. The predicted octanol–water partition coefficient (Wildman–Crippen LogP) is -1.08. The second-order valence-electron chi connectivity index (χ2n) is 4.22. The topological polar surface area (TPSA) is 128 Å². The van der Waals surface area contributed by atoms with E-state index in [1.165, 1.54) is 18.0 Å². The molecule has 1 heterocycles. The summed E-state index contributed by atoms with van der Waals surface area (Å²) in [5, 5.41) is 6.46. The molecular weight excluding hydrogens is 298 g/mol. The molecular formula is C11H21N5O4S. The normalized spacial score (nSPS) is 11.5. The Kier molecular flexibility index (Phi) is 6.59. The molecule has 0 radical (unpaired) electrons.